The number of hydrogen-bond acceptors (Lipinski definition) is 1. The highest BCUT2D eigenvalue weighted by molar-refractivity contribution is 5.90. The van der Waals surface area contributed by atoms with Gasteiger partial charge in [-0.25, -0.2) is 0 Å². The molecule has 0 amide bonds. The van der Waals surface area contributed by atoms with Crippen molar-refractivity contribution in [2.75, 3.05) is 5.32 Å². The van der Waals surface area contributed by atoms with Gasteiger partial charge in [-0.3, -0.25) is 0 Å². The van der Waals surface area contributed by atoms with Gasteiger partial charge in [-0.1, -0.05) is 127 Å². The van der Waals surface area contributed by atoms with Crippen LogP contribution in [0.4, 0.5) is 11.4 Å². The molecule has 1 heteroatoms. The van der Waals surface area contributed by atoms with Crippen molar-refractivity contribution in [1.29, 1.82) is 0 Å². The number of nitrogens with one attached hydrogen (secondary N) is 1. The Hall–Kier alpha value is -4.88. The summed E-state index contributed by atoms with van der Waals surface area (Å²) in [7, 11) is 0. The van der Waals surface area contributed by atoms with Crippen molar-refractivity contribution in [2.24, 2.45) is 23.7 Å². The van der Waals surface area contributed by atoms with E-state index in [2.05, 4.69) is 151 Å². The van der Waals surface area contributed by atoms with E-state index in [1.165, 1.54) is 76.6 Å². The highest BCUT2D eigenvalue weighted by Crippen LogP contribution is 2.70. The van der Waals surface area contributed by atoms with Gasteiger partial charge in [0.05, 0.1) is 0 Å². The Morgan fingerprint density at radius 2 is 1.00 bits per heavy atom. The Balaban J connectivity index is 1.04. The average molecular weight is 606 g/mol. The molecule has 0 radical (unpaired) electrons. The van der Waals surface area contributed by atoms with Gasteiger partial charge in [-0.2, -0.15) is 0 Å². The number of hydrogen-bond donors (Lipinski definition) is 1. The first-order valence-corrected chi connectivity index (χ1v) is 17.6. The number of fused-ring (bicyclic) bond motifs is 3. The van der Waals surface area contributed by atoms with Crippen molar-refractivity contribution in [1.82, 2.24) is 0 Å². The molecule has 1 nitrogen and oxygen atoms in total. The SMILES string of the molecule is c1ccc(-c2ccc(-c3ccccc3Nc3cccc(-c4cccc5c4C4(c6ccccc6-5)C5CC6CC(C5)CC4C6)c3)cc2)cc1. The molecule has 1 N–H and O–H groups in total. The minimum atomic E-state index is 0.151. The molecule has 6 aromatic carbocycles. The zero-order chi connectivity index (χ0) is 31.0. The van der Waals surface area contributed by atoms with Gasteiger partial charge in [-0.05, 0) is 124 Å². The number of anilines is 2. The van der Waals surface area contributed by atoms with Crippen LogP contribution in [0.15, 0.2) is 146 Å². The van der Waals surface area contributed by atoms with Gasteiger partial charge in [-0.15, -0.1) is 0 Å². The Morgan fingerprint density at radius 1 is 0.426 bits per heavy atom. The van der Waals surface area contributed by atoms with Gasteiger partial charge in [0.2, 0.25) is 0 Å². The summed E-state index contributed by atoms with van der Waals surface area (Å²) in [6.45, 7) is 0. The number of rotatable bonds is 5. The van der Waals surface area contributed by atoms with Crippen LogP contribution in [-0.2, 0) is 5.41 Å². The molecule has 5 aliphatic carbocycles. The first-order valence-electron chi connectivity index (χ1n) is 17.6. The second-order valence-corrected chi connectivity index (χ2v) is 14.6. The van der Waals surface area contributed by atoms with Gasteiger partial charge in [0.1, 0.15) is 0 Å². The lowest BCUT2D eigenvalue weighted by Crippen LogP contribution is -2.55. The fourth-order valence-electron chi connectivity index (χ4n) is 10.7. The van der Waals surface area contributed by atoms with Crippen molar-refractivity contribution in [3.8, 4) is 44.5 Å². The largest absolute Gasteiger partial charge is 0.355 e. The quantitative estimate of drug-likeness (QED) is 0.206. The molecular formula is C46H39N. The molecule has 0 aromatic heterocycles. The average Bonchev–Trinajstić information content (AvgIpc) is 3.42. The molecule has 0 aliphatic heterocycles. The van der Waals surface area contributed by atoms with E-state index in [-0.39, 0.29) is 5.41 Å². The third kappa shape index (κ3) is 4.15. The van der Waals surface area contributed by atoms with Crippen LogP contribution >= 0.6 is 0 Å². The molecule has 4 fully saturated rings. The summed E-state index contributed by atoms with van der Waals surface area (Å²) in [6.07, 6.45) is 7.09. The summed E-state index contributed by atoms with van der Waals surface area (Å²) < 4.78 is 0. The van der Waals surface area contributed by atoms with Crippen molar-refractivity contribution < 1.29 is 0 Å². The van der Waals surface area contributed by atoms with Gasteiger partial charge in [0.15, 0.2) is 0 Å². The summed E-state index contributed by atoms with van der Waals surface area (Å²) in [5, 5.41) is 3.83. The topological polar surface area (TPSA) is 12.0 Å². The molecule has 47 heavy (non-hydrogen) atoms. The maximum absolute atomic E-state index is 3.83. The van der Waals surface area contributed by atoms with Crippen LogP contribution in [0.2, 0.25) is 0 Å². The van der Waals surface area contributed by atoms with E-state index in [0.717, 1.165) is 35.0 Å². The minimum absolute atomic E-state index is 0.151. The van der Waals surface area contributed by atoms with E-state index in [1.807, 2.05) is 0 Å². The van der Waals surface area contributed by atoms with Crippen LogP contribution in [0.5, 0.6) is 0 Å². The molecule has 1 spiro atoms. The first-order chi connectivity index (χ1) is 23.3. The third-order valence-corrected chi connectivity index (χ3v) is 12.2. The second kappa shape index (κ2) is 10.6. The fourth-order valence-corrected chi connectivity index (χ4v) is 10.7. The predicted octanol–water partition coefficient (Wildman–Crippen LogP) is 12.2. The molecule has 6 aromatic rings. The van der Waals surface area contributed by atoms with E-state index in [4.69, 9.17) is 0 Å². The van der Waals surface area contributed by atoms with Crippen LogP contribution < -0.4 is 5.32 Å². The van der Waals surface area contributed by atoms with Crippen molar-refractivity contribution in [3.05, 3.63) is 157 Å². The van der Waals surface area contributed by atoms with Crippen molar-refractivity contribution in [2.45, 2.75) is 37.5 Å². The monoisotopic (exact) mass is 605 g/mol. The lowest BCUT2D eigenvalue weighted by atomic mass is 9.42. The van der Waals surface area contributed by atoms with Crippen molar-refractivity contribution in [3.63, 3.8) is 0 Å². The van der Waals surface area contributed by atoms with Gasteiger partial charge >= 0.3 is 0 Å². The maximum atomic E-state index is 3.83. The van der Waals surface area contributed by atoms with Crippen LogP contribution in [0.25, 0.3) is 44.5 Å². The zero-order valence-electron chi connectivity index (χ0n) is 26.7. The molecule has 0 heterocycles. The molecule has 11 rings (SSSR count). The number of benzene rings is 6. The minimum Gasteiger partial charge on any atom is -0.355 e. The van der Waals surface area contributed by atoms with Gasteiger partial charge in [0.25, 0.3) is 0 Å². The van der Waals surface area contributed by atoms with Gasteiger partial charge in [0, 0.05) is 22.4 Å². The number of para-hydroxylation sites is 1. The van der Waals surface area contributed by atoms with E-state index in [0.29, 0.717) is 0 Å². The maximum Gasteiger partial charge on any atom is 0.0463 e. The zero-order valence-corrected chi connectivity index (χ0v) is 26.7. The Bertz CT molecular complexity index is 2090. The Labute approximate surface area is 278 Å². The van der Waals surface area contributed by atoms with E-state index in [9.17, 15) is 0 Å². The second-order valence-electron chi connectivity index (χ2n) is 14.6. The van der Waals surface area contributed by atoms with Crippen molar-refractivity contribution >= 4 is 11.4 Å². The third-order valence-electron chi connectivity index (χ3n) is 12.2. The molecule has 4 saturated carbocycles. The summed E-state index contributed by atoms with van der Waals surface area (Å²) in [5.74, 6) is 3.38. The highest BCUT2D eigenvalue weighted by atomic mass is 14.9. The lowest BCUT2D eigenvalue weighted by Gasteiger charge is -2.61. The summed E-state index contributed by atoms with van der Waals surface area (Å²) >= 11 is 0. The molecular weight excluding hydrogens is 567 g/mol. The Kier molecular flexibility index (Phi) is 6.13. The van der Waals surface area contributed by atoms with Crippen LogP contribution in [0.1, 0.15) is 43.2 Å². The van der Waals surface area contributed by atoms with E-state index in [1.54, 1.807) is 11.1 Å². The normalized spacial score (nSPS) is 24.7. The molecule has 4 bridgehead atoms. The summed E-state index contributed by atoms with van der Waals surface area (Å²) in [4.78, 5) is 0. The molecule has 0 unspecified atom stereocenters. The smallest absolute Gasteiger partial charge is 0.0463 e. The standard InChI is InChI=1S/C46H39N/c1-2-10-32(11-3-1)33-20-22-34(23-21-33)39-14-5-7-19-44(39)47-38-13-8-12-35(29-38)40-16-9-17-42-41-15-4-6-18-43(41)46(45(40)42)36-25-30-24-31(27-36)28-37(46)26-30/h1-23,29-31,36-37,47H,24-28H2. The van der Waals surface area contributed by atoms with Crippen LogP contribution in [0, 0.1) is 23.7 Å². The van der Waals surface area contributed by atoms with E-state index < -0.39 is 0 Å². The van der Waals surface area contributed by atoms with Crippen LogP contribution in [0.3, 0.4) is 0 Å². The van der Waals surface area contributed by atoms with Crippen LogP contribution in [-0.4, -0.2) is 0 Å². The fraction of sp³-hybridized carbons (Fsp3) is 0.217. The summed E-state index contributed by atoms with van der Waals surface area (Å²) in [5.41, 5.74) is 16.3. The highest BCUT2D eigenvalue weighted by Gasteiger charge is 2.62. The first kappa shape index (κ1) is 27.3. The Morgan fingerprint density at radius 3 is 1.79 bits per heavy atom. The molecule has 5 aliphatic rings. The van der Waals surface area contributed by atoms with Gasteiger partial charge < -0.3 is 5.32 Å². The van der Waals surface area contributed by atoms with E-state index >= 15 is 0 Å². The summed E-state index contributed by atoms with van der Waals surface area (Å²) in [6, 6.07) is 54.0. The molecule has 228 valence electrons. The predicted molar refractivity (Wildman–Crippen MR) is 196 cm³/mol. The molecule has 0 saturated heterocycles. The lowest BCUT2D eigenvalue weighted by molar-refractivity contribution is -0.0397. The molecule has 0 atom stereocenters.